The Bertz CT molecular complexity index is 819. The molecule has 2 aromatic heterocycles. The lowest BCUT2D eigenvalue weighted by Crippen LogP contribution is -2.22. The van der Waals surface area contributed by atoms with Gasteiger partial charge in [0.1, 0.15) is 12.1 Å². The van der Waals surface area contributed by atoms with Crippen LogP contribution in [-0.4, -0.2) is 26.4 Å². The number of hydrogen-bond acceptors (Lipinski definition) is 6. The number of nitrogens with zero attached hydrogens (tertiary/aromatic N) is 5. The molecule has 3 heterocycles. The highest BCUT2D eigenvalue weighted by atomic mass is 16.7. The Hall–Kier alpha value is -2.93. The fourth-order valence-electron chi connectivity index (χ4n) is 2.84. The van der Waals surface area contributed by atoms with Crippen LogP contribution in [0.5, 0.6) is 0 Å². The lowest BCUT2D eigenvalue weighted by atomic mass is 10.0. The van der Waals surface area contributed by atoms with E-state index in [1.165, 1.54) is 11.9 Å². The maximum Gasteiger partial charge on any atom is 0.158 e. The number of hydrogen-bond donors (Lipinski definition) is 1. The number of benzene rings is 1. The summed E-state index contributed by atoms with van der Waals surface area (Å²) in [5.41, 5.74) is 2.10. The summed E-state index contributed by atoms with van der Waals surface area (Å²) < 4.78 is 1.74. The van der Waals surface area contributed by atoms with Gasteiger partial charge in [0.2, 0.25) is 0 Å². The quantitative estimate of drug-likeness (QED) is 0.796. The van der Waals surface area contributed by atoms with Crippen molar-refractivity contribution in [3.8, 4) is 0 Å². The van der Waals surface area contributed by atoms with Gasteiger partial charge >= 0.3 is 0 Å². The Labute approximate surface area is 139 Å². The van der Waals surface area contributed by atoms with Crippen LogP contribution in [0.2, 0.25) is 0 Å². The van der Waals surface area contributed by atoms with Crippen LogP contribution in [0.25, 0.3) is 0 Å². The second-order valence-electron chi connectivity index (χ2n) is 5.66. The highest BCUT2D eigenvalue weighted by Gasteiger charge is 2.28. The summed E-state index contributed by atoms with van der Waals surface area (Å²) in [4.78, 5) is 14.5. The molecular formula is C17H18N6O. The van der Waals surface area contributed by atoms with Gasteiger partial charge in [-0.3, -0.25) is 9.52 Å². The van der Waals surface area contributed by atoms with Crippen LogP contribution >= 0.6 is 0 Å². The fourth-order valence-corrected chi connectivity index (χ4v) is 2.84. The Balaban J connectivity index is 1.58. The molecule has 4 rings (SSSR count). The van der Waals surface area contributed by atoms with E-state index in [1.807, 2.05) is 42.6 Å². The summed E-state index contributed by atoms with van der Waals surface area (Å²) >= 11 is 0. The first-order valence-electron chi connectivity index (χ1n) is 7.84. The molecule has 7 nitrogen and oxygen atoms in total. The van der Waals surface area contributed by atoms with Gasteiger partial charge in [-0.05, 0) is 5.56 Å². The van der Waals surface area contributed by atoms with Crippen molar-refractivity contribution < 1.29 is 4.84 Å². The molecule has 1 fully saturated rings. The SMILES string of the molecule is Cn1cc(Nc2cc(N3OCCC3c3ccccc3)ncn2)cn1. The number of hydroxylamine groups is 1. The van der Waals surface area contributed by atoms with Crippen LogP contribution in [0.15, 0.2) is 55.1 Å². The Morgan fingerprint density at radius 1 is 1.21 bits per heavy atom. The van der Waals surface area contributed by atoms with E-state index in [0.717, 1.165) is 17.9 Å². The van der Waals surface area contributed by atoms with Gasteiger partial charge in [0.25, 0.3) is 0 Å². The van der Waals surface area contributed by atoms with Gasteiger partial charge in [-0.1, -0.05) is 30.3 Å². The number of nitrogens with one attached hydrogen (secondary N) is 1. The van der Waals surface area contributed by atoms with Crippen LogP contribution in [0.1, 0.15) is 18.0 Å². The van der Waals surface area contributed by atoms with E-state index in [2.05, 4.69) is 32.5 Å². The van der Waals surface area contributed by atoms with E-state index in [-0.39, 0.29) is 6.04 Å². The first-order valence-corrected chi connectivity index (χ1v) is 7.84. The van der Waals surface area contributed by atoms with Gasteiger partial charge in [-0.25, -0.2) is 15.0 Å². The van der Waals surface area contributed by atoms with Gasteiger partial charge in [-0.15, -0.1) is 0 Å². The van der Waals surface area contributed by atoms with Gasteiger partial charge in [0.15, 0.2) is 5.82 Å². The standard InChI is InChI=1S/C17H18N6O/c1-22-11-14(10-20-22)21-16-9-17(19-12-18-16)23-15(7-8-24-23)13-5-3-2-4-6-13/h2-6,9-12,15H,7-8H2,1H3,(H,18,19,21). The van der Waals surface area contributed by atoms with Crippen molar-refractivity contribution in [3.63, 3.8) is 0 Å². The normalized spacial score (nSPS) is 17.2. The summed E-state index contributed by atoms with van der Waals surface area (Å²) in [5, 5.41) is 9.23. The van der Waals surface area contributed by atoms with Crippen molar-refractivity contribution in [3.05, 3.63) is 60.7 Å². The van der Waals surface area contributed by atoms with Crippen molar-refractivity contribution in [2.45, 2.75) is 12.5 Å². The second kappa shape index (κ2) is 6.29. The van der Waals surface area contributed by atoms with Gasteiger partial charge < -0.3 is 5.32 Å². The highest BCUT2D eigenvalue weighted by molar-refractivity contribution is 5.57. The molecule has 1 atom stereocenters. The van der Waals surface area contributed by atoms with E-state index >= 15 is 0 Å². The molecule has 0 radical (unpaired) electrons. The van der Waals surface area contributed by atoms with E-state index in [9.17, 15) is 0 Å². The maximum atomic E-state index is 5.81. The zero-order valence-corrected chi connectivity index (χ0v) is 13.3. The summed E-state index contributed by atoms with van der Waals surface area (Å²) in [6, 6.07) is 12.4. The molecule has 3 aromatic rings. The van der Waals surface area contributed by atoms with Gasteiger partial charge in [0, 0.05) is 25.7 Å². The molecule has 1 N–H and O–H groups in total. The van der Waals surface area contributed by atoms with Gasteiger partial charge in [0.05, 0.1) is 24.5 Å². The zero-order chi connectivity index (χ0) is 16.4. The fraction of sp³-hybridized carbons (Fsp3) is 0.235. The molecule has 0 bridgehead atoms. The lowest BCUT2D eigenvalue weighted by molar-refractivity contribution is 0.157. The van der Waals surface area contributed by atoms with Crippen molar-refractivity contribution in [2.75, 3.05) is 17.0 Å². The third kappa shape index (κ3) is 2.93. The number of rotatable bonds is 4. The molecule has 0 saturated carbocycles. The second-order valence-corrected chi connectivity index (χ2v) is 5.66. The maximum absolute atomic E-state index is 5.81. The molecule has 122 valence electrons. The van der Waals surface area contributed by atoms with E-state index in [4.69, 9.17) is 4.84 Å². The minimum Gasteiger partial charge on any atom is -0.338 e. The number of aromatic nitrogens is 4. The first kappa shape index (κ1) is 14.6. The van der Waals surface area contributed by atoms with Crippen LogP contribution in [0.4, 0.5) is 17.3 Å². The highest BCUT2D eigenvalue weighted by Crippen LogP contribution is 2.34. The smallest absolute Gasteiger partial charge is 0.158 e. The van der Waals surface area contributed by atoms with E-state index in [1.54, 1.807) is 10.9 Å². The molecule has 1 saturated heterocycles. The molecule has 1 aliphatic heterocycles. The molecule has 1 aliphatic rings. The predicted molar refractivity (Wildman–Crippen MR) is 90.8 cm³/mol. The molecule has 1 aromatic carbocycles. The predicted octanol–water partition coefficient (Wildman–Crippen LogP) is 2.84. The molecule has 1 unspecified atom stereocenters. The third-order valence-electron chi connectivity index (χ3n) is 3.94. The van der Waals surface area contributed by atoms with Crippen LogP contribution < -0.4 is 10.4 Å². The van der Waals surface area contributed by atoms with Crippen molar-refractivity contribution in [2.24, 2.45) is 7.05 Å². The molecule has 0 aliphatic carbocycles. The van der Waals surface area contributed by atoms with Crippen molar-refractivity contribution in [1.29, 1.82) is 0 Å². The lowest BCUT2D eigenvalue weighted by Gasteiger charge is -2.23. The Morgan fingerprint density at radius 3 is 2.88 bits per heavy atom. The van der Waals surface area contributed by atoms with Crippen LogP contribution in [-0.2, 0) is 11.9 Å². The molecule has 0 amide bonds. The monoisotopic (exact) mass is 322 g/mol. The minimum atomic E-state index is 0.160. The average molecular weight is 322 g/mol. The topological polar surface area (TPSA) is 68.1 Å². The Kier molecular flexibility index (Phi) is 3.84. The molecule has 24 heavy (non-hydrogen) atoms. The van der Waals surface area contributed by atoms with Crippen molar-refractivity contribution >= 4 is 17.3 Å². The first-order chi connectivity index (χ1) is 11.8. The largest absolute Gasteiger partial charge is 0.338 e. The summed E-state index contributed by atoms with van der Waals surface area (Å²) in [6.45, 7) is 0.676. The minimum absolute atomic E-state index is 0.160. The summed E-state index contributed by atoms with van der Waals surface area (Å²) in [7, 11) is 1.87. The van der Waals surface area contributed by atoms with Crippen LogP contribution in [0.3, 0.4) is 0 Å². The van der Waals surface area contributed by atoms with Crippen LogP contribution in [0, 0.1) is 0 Å². The van der Waals surface area contributed by atoms with E-state index < -0.39 is 0 Å². The average Bonchev–Trinajstić information content (AvgIpc) is 3.25. The van der Waals surface area contributed by atoms with Crippen molar-refractivity contribution in [1.82, 2.24) is 19.7 Å². The summed E-state index contributed by atoms with van der Waals surface area (Å²) in [5.74, 6) is 1.44. The molecular weight excluding hydrogens is 304 g/mol. The Morgan fingerprint density at radius 2 is 2.08 bits per heavy atom. The molecule has 0 spiro atoms. The zero-order valence-electron chi connectivity index (χ0n) is 13.3. The molecule has 7 heteroatoms. The number of aryl methyl sites for hydroxylation is 1. The third-order valence-corrected chi connectivity index (χ3v) is 3.94. The van der Waals surface area contributed by atoms with E-state index in [0.29, 0.717) is 12.4 Å². The van der Waals surface area contributed by atoms with Gasteiger partial charge in [-0.2, -0.15) is 5.10 Å². The number of anilines is 3. The summed E-state index contributed by atoms with van der Waals surface area (Å²) in [6.07, 6.45) is 6.11.